The standard InChI is InChI=1S/C52H33NS/c1-3-16-38-34(13-1)15-9-22-41(38)45-25-11-23-42-39(21-10-24-44(42)45)35-29-31-37(32-30-35)53(49-27-12-26-48-47-20-7-8-28-51(47)54-52(48)49)50-33-36-14-2-4-17-40(36)43-18-5-6-19-46(43)50/h1-33H. The van der Waals surface area contributed by atoms with Crippen molar-refractivity contribution in [1.29, 1.82) is 0 Å². The average Bonchev–Trinajstić information content (AvgIpc) is 3.63. The Bertz CT molecular complexity index is 3220. The van der Waals surface area contributed by atoms with Crippen LogP contribution >= 0.6 is 11.3 Å². The van der Waals surface area contributed by atoms with E-state index in [0.29, 0.717) is 0 Å². The number of fused-ring (bicyclic) bond motifs is 8. The molecule has 0 aliphatic heterocycles. The molecule has 0 spiro atoms. The Morgan fingerprint density at radius 2 is 0.852 bits per heavy atom. The van der Waals surface area contributed by atoms with Crippen molar-refractivity contribution in [2.45, 2.75) is 0 Å². The molecule has 0 fully saturated rings. The van der Waals surface area contributed by atoms with Crippen LogP contribution in [0.3, 0.4) is 0 Å². The first-order chi connectivity index (χ1) is 26.8. The summed E-state index contributed by atoms with van der Waals surface area (Å²) in [6.07, 6.45) is 0. The molecule has 0 radical (unpaired) electrons. The van der Waals surface area contributed by atoms with E-state index < -0.39 is 0 Å². The van der Waals surface area contributed by atoms with Gasteiger partial charge in [0.05, 0.1) is 16.1 Å². The lowest BCUT2D eigenvalue weighted by Crippen LogP contribution is -2.11. The van der Waals surface area contributed by atoms with E-state index in [9.17, 15) is 0 Å². The highest BCUT2D eigenvalue weighted by atomic mass is 32.1. The van der Waals surface area contributed by atoms with E-state index in [0.717, 1.165) is 5.69 Å². The quantitative estimate of drug-likeness (QED) is 0.161. The van der Waals surface area contributed by atoms with Crippen molar-refractivity contribution >= 4 is 91.7 Å². The van der Waals surface area contributed by atoms with Gasteiger partial charge in [-0.15, -0.1) is 11.3 Å². The number of anilines is 3. The van der Waals surface area contributed by atoms with E-state index >= 15 is 0 Å². The Kier molecular flexibility index (Phi) is 7.11. The van der Waals surface area contributed by atoms with E-state index in [1.807, 2.05) is 11.3 Å². The van der Waals surface area contributed by atoms with Crippen LogP contribution in [0.4, 0.5) is 17.1 Å². The monoisotopic (exact) mass is 703 g/mol. The van der Waals surface area contributed by atoms with Gasteiger partial charge in [-0.3, -0.25) is 0 Å². The molecular formula is C52H33NS. The summed E-state index contributed by atoms with van der Waals surface area (Å²) in [7, 11) is 0. The summed E-state index contributed by atoms with van der Waals surface area (Å²) in [5.74, 6) is 0. The molecule has 0 unspecified atom stereocenters. The van der Waals surface area contributed by atoms with Crippen molar-refractivity contribution in [3.63, 3.8) is 0 Å². The van der Waals surface area contributed by atoms with Gasteiger partial charge in [0, 0.05) is 26.5 Å². The van der Waals surface area contributed by atoms with Gasteiger partial charge in [0.25, 0.3) is 0 Å². The number of thiophene rings is 1. The molecule has 0 aliphatic rings. The molecule has 0 amide bonds. The van der Waals surface area contributed by atoms with Gasteiger partial charge in [0.2, 0.25) is 0 Å². The first-order valence-corrected chi connectivity index (χ1v) is 19.3. The molecule has 54 heavy (non-hydrogen) atoms. The highest BCUT2D eigenvalue weighted by molar-refractivity contribution is 7.26. The highest BCUT2D eigenvalue weighted by Crippen LogP contribution is 2.48. The number of rotatable bonds is 5. The van der Waals surface area contributed by atoms with Crippen LogP contribution in [0.5, 0.6) is 0 Å². The Balaban J connectivity index is 1.11. The van der Waals surface area contributed by atoms with Crippen molar-refractivity contribution in [2.75, 3.05) is 4.90 Å². The Morgan fingerprint density at radius 3 is 1.67 bits per heavy atom. The van der Waals surface area contributed by atoms with Crippen LogP contribution in [0.25, 0.3) is 85.5 Å². The van der Waals surface area contributed by atoms with Gasteiger partial charge in [0.1, 0.15) is 0 Å². The summed E-state index contributed by atoms with van der Waals surface area (Å²) in [4.78, 5) is 2.48. The van der Waals surface area contributed by atoms with Gasteiger partial charge in [0.15, 0.2) is 0 Å². The molecule has 10 aromatic carbocycles. The van der Waals surface area contributed by atoms with Crippen LogP contribution in [0, 0.1) is 0 Å². The van der Waals surface area contributed by atoms with Crippen LogP contribution < -0.4 is 4.90 Å². The number of hydrogen-bond acceptors (Lipinski definition) is 2. The van der Waals surface area contributed by atoms with E-state index in [2.05, 4.69) is 205 Å². The smallest absolute Gasteiger partial charge is 0.0640 e. The lowest BCUT2D eigenvalue weighted by atomic mass is 9.91. The topological polar surface area (TPSA) is 3.24 Å². The van der Waals surface area contributed by atoms with Crippen molar-refractivity contribution in [3.05, 3.63) is 200 Å². The maximum Gasteiger partial charge on any atom is 0.0640 e. The van der Waals surface area contributed by atoms with Gasteiger partial charge >= 0.3 is 0 Å². The second-order valence-corrected chi connectivity index (χ2v) is 15.1. The van der Waals surface area contributed by atoms with Crippen molar-refractivity contribution in [3.8, 4) is 22.3 Å². The molecule has 1 nitrogen and oxygen atoms in total. The number of benzene rings is 10. The molecule has 0 N–H and O–H groups in total. The van der Waals surface area contributed by atoms with E-state index in [-0.39, 0.29) is 0 Å². The molecular weight excluding hydrogens is 671 g/mol. The van der Waals surface area contributed by atoms with Crippen LogP contribution in [-0.4, -0.2) is 0 Å². The molecule has 252 valence electrons. The van der Waals surface area contributed by atoms with Crippen LogP contribution in [0.1, 0.15) is 0 Å². The third-order valence-corrected chi connectivity index (χ3v) is 12.3. The van der Waals surface area contributed by atoms with Crippen molar-refractivity contribution in [2.24, 2.45) is 0 Å². The fraction of sp³-hybridized carbons (Fsp3) is 0. The Labute approximate surface area is 317 Å². The molecule has 1 heterocycles. The lowest BCUT2D eigenvalue weighted by Gasteiger charge is -2.28. The largest absolute Gasteiger partial charge is 0.308 e. The minimum absolute atomic E-state index is 1.13. The van der Waals surface area contributed by atoms with E-state index in [1.165, 1.54) is 96.9 Å². The maximum absolute atomic E-state index is 2.48. The third-order valence-electron chi connectivity index (χ3n) is 11.0. The fourth-order valence-electron chi connectivity index (χ4n) is 8.58. The Hall–Kier alpha value is -6.74. The summed E-state index contributed by atoms with van der Waals surface area (Å²) < 4.78 is 2.59. The second kappa shape index (κ2) is 12.4. The fourth-order valence-corrected chi connectivity index (χ4v) is 9.79. The highest BCUT2D eigenvalue weighted by Gasteiger charge is 2.21. The summed E-state index contributed by atoms with van der Waals surface area (Å²) >= 11 is 1.87. The molecule has 0 bridgehead atoms. The predicted octanol–water partition coefficient (Wildman–Crippen LogP) is 15.5. The van der Waals surface area contributed by atoms with Crippen LogP contribution in [0.2, 0.25) is 0 Å². The molecule has 1 aromatic heterocycles. The molecule has 0 saturated carbocycles. The molecule has 0 aliphatic carbocycles. The maximum atomic E-state index is 2.48. The first kappa shape index (κ1) is 30.8. The van der Waals surface area contributed by atoms with Crippen LogP contribution in [0.15, 0.2) is 200 Å². The SMILES string of the molecule is c1ccc2c(-c3cccc4c(-c5ccc(N(c6cc7ccccc7c7ccccc67)c6cccc7c6sc6ccccc67)cc5)cccc34)cccc2c1. The van der Waals surface area contributed by atoms with E-state index in [4.69, 9.17) is 0 Å². The molecule has 0 saturated heterocycles. The van der Waals surface area contributed by atoms with Crippen LogP contribution in [-0.2, 0) is 0 Å². The zero-order valence-corrected chi connectivity index (χ0v) is 30.2. The Morgan fingerprint density at radius 1 is 0.315 bits per heavy atom. The summed E-state index contributed by atoms with van der Waals surface area (Å²) in [5.41, 5.74) is 8.44. The normalized spacial score (nSPS) is 11.7. The molecule has 0 atom stereocenters. The third kappa shape index (κ3) is 4.85. The molecule has 2 heteroatoms. The van der Waals surface area contributed by atoms with Gasteiger partial charge in [-0.2, -0.15) is 0 Å². The summed E-state index contributed by atoms with van der Waals surface area (Å²) in [6, 6.07) is 73.5. The second-order valence-electron chi connectivity index (χ2n) is 14.0. The van der Waals surface area contributed by atoms with Gasteiger partial charge < -0.3 is 4.90 Å². The summed E-state index contributed by atoms with van der Waals surface area (Å²) in [6.45, 7) is 0. The molecule has 11 aromatic rings. The number of nitrogens with zero attached hydrogens (tertiary/aromatic N) is 1. The predicted molar refractivity (Wildman–Crippen MR) is 235 cm³/mol. The van der Waals surface area contributed by atoms with E-state index in [1.54, 1.807) is 0 Å². The first-order valence-electron chi connectivity index (χ1n) is 18.5. The van der Waals surface area contributed by atoms with Gasteiger partial charge in [-0.25, -0.2) is 0 Å². The minimum Gasteiger partial charge on any atom is -0.308 e. The average molecular weight is 704 g/mol. The zero-order chi connectivity index (χ0) is 35.6. The summed E-state index contributed by atoms with van der Waals surface area (Å²) in [5, 5.41) is 12.6. The van der Waals surface area contributed by atoms with Gasteiger partial charge in [-0.05, 0) is 90.3 Å². The molecule has 11 rings (SSSR count). The lowest BCUT2D eigenvalue weighted by molar-refractivity contribution is 1.32. The minimum atomic E-state index is 1.13. The van der Waals surface area contributed by atoms with Crippen molar-refractivity contribution in [1.82, 2.24) is 0 Å². The zero-order valence-electron chi connectivity index (χ0n) is 29.4. The van der Waals surface area contributed by atoms with Gasteiger partial charge in [-0.1, -0.05) is 170 Å². The van der Waals surface area contributed by atoms with Crippen molar-refractivity contribution < 1.29 is 0 Å². The number of hydrogen-bond donors (Lipinski definition) is 0.